The molecule has 0 fully saturated rings. The predicted molar refractivity (Wildman–Crippen MR) is 275 cm³/mol. The Balaban J connectivity index is 1.27. The second kappa shape index (κ2) is 16.3. The SMILES string of the molecule is CC(C)c1cccc(C(C)C)c1N1C(=O)c2ccc3c4c(Oc5ccc[n+](C)c5)cc5c6c(ccc(c7c(Oc8ccc[n+](C)c8)cc(c2c37)C1=O)c64)C(=O)N(c1c(C(C)C)cccc1C(C)C)C5=O. The molecular formula is C60H54N4O6+2. The van der Waals surface area contributed by atoms with Gasteiger partial charge in [-0.1, -0.05) is 104 Å². The third kappa shape index (κ3) is 6.60. The number of imide groups is 2. The Bertz CT molecular complexity index is 3460. The first-order valence-corrected chi connectivity index (χ1v) is 24.1. The van der Waals surface area contributed by atoms with E-state index in [2.05, 4.69) is 55.4 Å². The fourth-order valence-electron chi connectivity index (χ4n) is 11.0. The first kappa shape index (κ1) is 44.5. The van der Waals surface area contributed by atoms with Gasteiger partial charge in [-0.25, -0.2) is 18.9 Å². The normalized spacial score (nSPS) is 13.9. The maximum atomic E-state index is 15.6. The zero-order valence-electron chi connectivity index (χ0n) is 41.1. The summed E-state index contributed by atoms with van der Waals surface area (Å²) in [6.45, 7) is 16.6. The summed E-state index contributed by atoms with van der Waals surface area (Å²) in [5.74, 6) is 0.106. The van der Waals surface area contributed by atoms with Gasteiger partial charge in [-0.15, -0.1) is 0 Å². The highest BCUT2D eigenvalue weighted by Crippen LogP contribution is 2.54. The lowest BCUT2D eigenvalue weighted by Gasteiger charge is -2.34. The molecule has 2 aromatic heterocycles. The Labute approximate surface area is 406 Å². The van der Waals surface area contributed by atoms with Crippen molar-refractivity contribution in [2.75, 3.05) is 9.80 Å². The highest BCUT2D eigenvalue weighted by molar-refractivity contribution is 6.46. The molecule has 9 aromatic rings. The van der Waals surface area contributed by atoms with E-state index in [1.165, 1.54) is 9.80 Å². The van der Waals surface area contributed by atoms with Gasteiger partial charge in [0.15, 0.2) is 23.9 Å². The molecule has 0 unspecified atom stereocenters. The molecule has 0 aliphatic carbocycles. The third-order valence-corrected chi connectivity index (χ3v) is 14.2. The van der Waals surface area contributed by atoms with E-state index in [0.29, 0.717) is 99.7 Å². The van der Waals surface area contributed by atoms with Crippen LogP contribution in [0, 0.1) is 0 Å². The smallest absolute Gasteiger partial charge is 0.266 e. The van der Waals surface area contributed by atoms with Crippen molar-refractivity contribution in [2.45, 2.75) is 79.1 Å². The number of ether oxygens (including phenoxy) is 2. The summed E-state index contributed by atoms with van der Waals surface area (Å²) >= 11 is 0. The summed E-state index contributed by atoms with van der Waals surface area (Å²) < 4.78 is 17.7. The molecule has 4 amide bonds. The van der Waals surface area contributed by atoms with E-state index < -0.39 is 23.6 Å². The number of carbonyl (C=O) groups is 4. The molecule has 348 valence electrons. The van der Waals surface area contributed by atoms with Crippen LogP contribution in [-0.2, 0) is 14.1 Å². The summed E-state index contributed by atoms with van der Waals surface area (Å²) in [6.07, 6.45) is 7.53. The van der Waals surface area contributed by atoms with Gasteiger partial charge < -0.3 is 9.47 Å². The van der Waals surface area contributed by atoms with E-state index in [1.807, 2.05) is 121 Å². The number of hydrogen-bond acceptors (Lipinski definition) is 6. The highest BCUT2D eigenvalue weighted by Gasteiger charge is 2.42. The molecule has 0 radical (unpaired) electrons. The lowest BCUT2D eigenvalue weighted by Crippen LogP contribution is -2.42. The molecule has 0 atom stereocenters. The van der Waals surface area contributed by atoms with Crippen molar-refractivity contribution in [1.82, 2.24) is 0 Å². The van der Waals surface area contributed by atoms with Crippen molar-refractivity contribution in [1.29, 1.82) is 0 Å². The number of aromatic nitrogens is 2. The van der Waals surface area contributed by atoms with Crippen LogP contribution in [0.1, 0.15) is 143 Å². The topological polar surface area (TPSA) is 101 Å². The number of amides is 4. The maximum Gasteiger partial charge on any atom is 0.266 e. The van der Waals surface area contributed by atoms with E-state index in [1.54, 1.807) is 24.3 Å². The van der Waals surface area contributed by atoms with E-state index in [9.17, 15) is 0 Å². The molecule has 10 nitrogen and oxygen atoms in total. The summed E-state index contributed by atoms with van der Waals surface area (Å²) in [5, 5.41) is 4.86. The van der Waals surface area contributed by atoms with Crippen LogP contribution in [0.25, 0.3) is 43.1 Å². The van der Waals surface area contributed by atoms with Crippen molar-refractivity contribution < 1.29 is 37.8 Å². The molecule has 0 spiro atoms. The molecule has 2 aliphatic heterocycles. The number of rotatable bonds is 10. The largest absolute Gasteiger partial charge is 0.450 e. The maximum absolute atomic E-state index is 15.6. The standard InChI is InChI=1S/C60H54N4O6/c1-31(2)37-17-11-18-38(32(3)4)55(37)63-57(65)43-23-21-41-52-48(70-36-16-14-26-62(10)30-36)28-46-50-44(58(66)64(60(46)68)56-39(33(5)6)19-12-20-40(56)34(7)8)24-22-42(54(50)52)51-47(69-35-15-13-25-61(9)29-35)27-45(59(63)67)49(43)53(41)51/h11-34H,1-10H3/q+2. The van der Waals surface area contributed by atoms with Gasteiger partial charge >= 0.3 is 0 Å². The van der Waals surface area contributed by atoms with Crippen LogP contribution in [0.15, 0.2) is 122 Å². The van der Waals surface area contributed by atoms with E-state index in [-0.39, 0.29) is 23.7 Å². The van der Waals surface area contributed by atoms with Crippen molar-refractivity contribution in [3.05, 3.63) is 166 Å². The Kier molecular flexibility index (Phi) is 10.4. The average molecular weight is 927 g/mol. The number of carbonyl (C=O) groups excluding carboxylic acids is 4. The zero-order valence-corrected chi connectivity index (χ0v) is 41.1. The highest BCUT2D eigenvalue weighted by atomic mass is 16.5. The molecule has 0 saturated heterocycles. The predicted octanol–water partition coefficient (Wildman–Crippen LogP) is 13.1. The second-order valence-electron chi connectivity index (χ2n) is 20.1. The van der Waals surface area contributed by atoms with Gasteiger partial charge in [-0.3, -0.25) is 19.2 Å². The Morgan fingerprint density at radius 2 is 0.743 bits per heavy atom. The zero-order chi connectivity index (χ0) is 49.2. The third-order valence-electron chi connectivity index (χ3n) is 14.2. The van der Waals surface area contributed by atoms with Crippen LogP contribution < -0.4 is 28.4 Å². The van der Waals surface area contributed by atoms with E-state index >= 15 is 19.2 Å². The van der Waals surface area contributed by atoms with Crippen LogP contribution in [-0.4, -0.2) is 23.6 Å². The molecule has 0 bridgehead atoms. The summed E-state index contributed by atoms with van der Waals surface area (Å²) in [6, 6.07) is 30.4. The first-order valence-electron chi connectivity index (χ1n) is 24.1. The number of aryl methyl sites for hydroxylation is 2. The van der Waals surface area contributed by atoms with Crippen molar-refractivity contribution >= 4 is 78.1 Å². The number of para-hydroxylation sites is 2. The van der Waals surface area contributed by atoms with Gasteiger partial charge in [-0.2, -0.15) is 0 Å². The number of fused-ring (bicyclic) bond motifs is 2. The van der Waals surface area contributed by atoms with Crippen LogP contribution in [0.3, 0.4) is 0 Å². The van der Waals surface area contributed by atoms with Crippen LogP contribution in [0.2, 0.25) is 0 Å². The van der Waals surface area contributed by atoms with Gasteiger partial charge in [0, 0.05) is 55.6 Å². The number of nitrogens with zero attached hydrogens (tertiary/aromatic N) is 4. The summed E-state index contributed by atoms with van der Waals surface area (Å²) in [7, 11) is 3.81. The number of hydrogen-bond donors (Lipinski definition) is 0. The van der Waals surface area contributed by atoms with Gasteiger partial charge in [0.25, 0.3) is 23.6 Å². The van der Waals surface area contributed by atoms with Crippen molar-refractivity contribution in [3.8, 4) is 23.0 Å². The molecule has 10 heteroatoms. The lowest BCUT2D eigenvalue weighted by atomic mass is 9.80. The molecule has 2 aliphatic rings. The van der Waals surface area contributed by atoms with Gasteiger partial charge in [0.1, 0.15) is 25.6 Å². The lowest BCUT2D eigenvalue weighted by molar-refractivity contribution is -0.671. The van der Waals surface area contributed by atoms with Gasteiger partial charge in [-0.05, 0) is 93.1 Å². The van der Waals surface area contributed by atoms with E-state index in [0.717, 1.165) is 22.3 Å². The minimum atomic E-state index is -0.456. The quantitative estimate of drug-likeness (QED) is 0.0586. The molecule has 4 heterocycles. The molecule has 7 aromatic carbocycles. The van der Waals surface area contributed by atoms with Crippen molar-refractivity contribution in [2.24, 2.45) is 14.1 Å². The van der Waals surface area contributed by atoms with Crippen molar-refractivity contribution in [3.63, 3.8) is 0 Å². The number of pyridine rings is 2. The number of benzene rings is 7. The summed E-state index contributed by atoms with van der Waals surface area (Å²) in [4.78, 5) is 64.5. The van der Waals surface area contributed by atoms with Crippen LogP contribution >= 0.6 is 0 Å². The van der Waals surface area contributed by atoms with Gasteiger partial charge in [0.05, 0.1) is 22.5 Å². The summed E-state index contributed by atoms with van der Waals surface area (Å²) in [5.41, 5.74) is 6.19. The second-order valence-corrected chi connectivity index (χ2v) is 20.1. The molecule has 0 N–H and O–H groups in total. The van der Waals surface area contributed by atoms with Gasteiger partial charge in [0.2, 0.25) is 12.4 Å². The number of anilines is 2. The molecule has 11 rings (SSSR count). The van der Waals surface area contributed by atoms with E-state index in [4.69, 9.17) is 9.47 Å². The Morgan fingerprint density at radius 1 is 0.400 bits per heavy atom. The van der Waals surface area contributed by atoms with Crippen LogP contribution in [0.4, 0.5) is 11.4 Å². The minimum Gasteiger partial charge on any atom is -0.450 e. The Morgan fingerprint density at radius 3 is 1.07 bits per heavy atom. The minimum absolute atomic E-state index is 0.0145. The fraction of sp³-hybridized carbons (Fsp3) is 0.233. The van der Waals surface area contributed by atoms with Crippen LogP contribution in [0.5, 0.6) is 23.0 Å². The molecule has 70 heavy (non-hydrogen) atoms. The average Bonchev–Trinajstić information content (AvgIpc) is 3.32. The monoisotopic (exact) mass is 926 g/mol. The molecule has 0 saturated carbocycles. The molecular weight excluding hydrogens is 873 g/mol. The first-order chi connectivity index (χ1) is 33.5. The Hall–Kier alpha value is -7.98. The fourth-order valence-corrected chi connectivity index (χ4v) is 11.0.